The molecule has 0 unspecified atom stereocenters. The topological polar surface area (TPSA) is 59.1 Å². The van der Waals surface area contributed by atoms with Crippen molar-refractivity contribution >= 4 is 11.6 Å². The van der Waals surface area contributed by atoms with E-state index in [1.165, 1.54) is 0 Å². The Morgan fingerprint density at radius 3 is 2.47 bits per heavy atom. The van der Waals surface area contributed by atoms with Gasteiger partial charge in [-0.2, -0.15) is 0 Å². The highest BCUT2D eigenvalue weighted by atomic mass is 16.5. The minimum absolute atomic E-state index is 0.157. The minimum atomic E-state index is -0.157. The molecule has 0 atom stereocenters. The van der Waals surface area contributed by atoms with Gasteiger partial charge in [0.15, 0.2) is 0 Å². The molecule has 0 aromatic carbocycles. The number of methoxy groups -OCH3 is 1. The Morgan fingerprint density at radius 1 is 1.21 bits per heavy atom. The first-order valence-electron chi connectivity index (χ1n) is 6.89. The van der Waals surface area contributed by atoms with Gasteiger partial charge in [0.05, 0.1) is 12.1 Å². The molecule has 0 saturated carbocycles. The summed E-state index contributed by atoms with van der Waals surface area (Å²) in [5.74, 6) is 2.59. The van der Waals surface area contributed by atoms with Crippen molar-refractivity contribution in [2.24, 2.45) is 0 Å². The molecule has 1 heterocycles. The van der Waals surface area contributed by atoms with Gasteiger partial charge in [0.25, 0.3) is 0 Å². The average molecular weight is 266 g/mol. The molecule has 0 aliphatic heterocycles. The van der Waals surface area contributed by atoms with E-state index in [-0.39, 0.29) is 5.54 Å². The molecule has 0 saturated heterocycles. The van der Waals surface area contributed by atoms with Crippen molar-refractivity contribution in [3.63, 3.8) is 0 Å². The highest BCUT2D eigenvalue weighted by molar-refractivity contribution is 5.48. The summed E-state index contributed by atoms with van der Waals surface area (Å²) in [7, 11) is 1.70. The normalized spacial score (nSPS) is 11.4. The Hall–Kier alpha value is -1.36. The average Bonchev–Trinajstić information content (AvgIpc) is 2.28. The van der Waals surface area contributed by atoms with E-state index in [9.17, 15) is 0 Å². The van der Waals surface area contributed by atoms with Crippen molar-refractivity contribution in [3.05, 3.63) is 11.9 Å². The molecule has 108 valence electrons. The molecule has 0 amide bonds. The molecule has 0 radical (unpaired) electrons. The standard InChI is InChI=1S/C14H26N4O/c1-6-8-11-16-12(15-7-2)9-13(17-11)18-14(3,4)10-19-5/h9H,6-8,10H2,1-5H3,(H2,15,16,17,18). The highest BCUT2D eigenvalue weighted by Crippen LogP contribution is 2.17. The van der Waals surface area contributed by atoms with E-state index in [0.717, 1.165) is 36.8 Å². The number of aryl methyl sites for hydroxylation is 1. The van der Waals surface area contributed by atoms with Crippen LogP contribution in [0.25, 0.3) is 0 Å². The predicted octanol–water partition coefficient (Wildman–Crippen LogP) is 2.70. The van der Waals surface area contributed by atoms with Crippen molar-refractivity contribution in [1.82, 2.24) is 9.97 Å². The largest absolute Gasteiger partial charge is 0.382 e. The summed E-state index contributed by atoms with van der Waals surface area (Å²) in [6.45, 7) is 9.84. The van der Waals surface area contributed by atoms with Gasteiger partial charge in [-0.15, -0.1) is 0 Å². The predicted molar refractivity (Wildman–Crippen MR) is 79.8 cm³/mol. The quantitative estimate of drug-likeness (QED) is 0.757. The number of ether oxygens (including phenoxy) is 1. The SMILES string of the molecule is CCCc1nc(NCC)cc(NC(C)(C)COC)n1. The van der Waals surface area contributed by atoms with Gasteiger partial charge in [-0.3, -0.25) is 0 Å². The molecule has 2 N–H and O–H groups in total. The van der Waals surface area contributed by atoms with Crippen LogP contribution in [0.2, 0.25) is 0 Å². The number of aromatic nitrogens is 2. The van der Waals surface area contributed by atoms with E-state index in [1.54, 1.807) is 7.11 Å². The number of rotatable bonds is 8. The van der Waals surface area contributed by atoms with Gasteiger partial charge in [0.2, 0.25) is 0 Å². The summed E-state index contributed by atoms with van der Waals surface area (Å²) < 4.78 is 5.21. The monoisotopic (exact) mass is 266 g/mol. The number of nitrogens with zero attached hydrogens (tertiary/aromatic N) is 2. The lowest BCUT2D eigenvalue weighted by Crippen LogP contribution is -2.36. The molecule has 19 heavy (non-hydrogen) atoms. The van der Waals surface area contributed by atoms with Gasteiger partial charge in [-0.25, -0.2) is 9.97 Å². The van der Waals surface area contributed by atoms with Crippen LogP contribution in [-0.4, -0.2) is 35.8 Å². The Morgan fingerprint density at radius 2 is 1.89 bits per heavy atom. The third-order valence-corrected chi connectivity index (χ3v) is 2.58. The van der Waals surface area contributed by atoms with Crippen LogP contribution >= 0.6 is 0 Å². The van der Waals surface area contributed by atoms with Crippen LogP contribution in [0, 0.1) is 0 Å². The summed E-state index contributed by atoms with van der Waals surface area (Å²) in [4.78, 5) is 9.05. The van der Waals surface area contributed by atoms with E-state index in [1.807, 2.05) is 6.07 Å². The maximum Gasteiger partial charge on any atom is 0.133 e. The first-order chi connectivity index (χ1) is 9.00. The Kier molecular flexibility index (Phi) is 6.02. The summed E-state index contributed by atoms with van der Waals surface area (Å²) in [6.07, 6.45) is 1.93. The first kappa shape index (κ1) is 15.7. The fourth-order valence-electron chi connectivity index (χ4n) is 1.91. The fourth-order valence-corrected chi connectivity index (χ4v) is 1.91. The lowest BCUT2D eigenvalue weighted by Gasteiger charge is -2.26. The summed E-state index contributed by atoms with van der Waals surface area (Å²) in [5.41, 5.74) is -0.157. The van der Waals surface area contributed by atoms with Crippen LogP contribution < -0.4 is 10.6 Å². The Bertz CT molecular complexity index is 369. The van der Waals surface area contributed by atoms with Gasteiger partial charge in [-0.1, -0.05) is 6.92 Å². The van der Waals surface area contributed by atoms with Crippen LogP contribution in [0.1, 0.15) is 39.9 Å². The molecule has 0 fully saturated rings. The molecule has 0 aliphatic carbocycles. The zero-order chi connectivity index (χ0) is 14.3. The number of hydrogen-bond acceptors (Lipinski definition) is 5. The third-order valence-electron chi connectivity index (χ3n) is 2.58. The minimum Gasteiger partial charge on any atom is -0.382 e. The highest BCUT2D eigenvalue weighted by Gasteiger charge is 2.18. The summed E-state index contributed by atoms with van der Waals surface area (Å²) >= 11 is 0. The van der Waals surface area contributed by atoms with Crippen LogP contribution in [0.4, 0.5) is 11.6 Å². The maximum absolute atomic E-state index is 5.21. The molecule has 5 nitrogen and oxygen atoms in total. The van der Waals surface area contributed by atoms with Crippen molar-refractivity contribution in [2.45, 2.75) is 46.1 Å². The third kappa shape index (κ3) is 5.42. The van der Waals surface area contributed by atoms with E-state index in [2.05, 4.69) is 48.3 Å². The number of hydrogen-bond donors (Lipinski definition) is 2. The molecular formula is C14H26N4O. The Balaban J connectivity index is 2.91. The smallest absolute Gasteiger partial charge is 0.133 e. The first-order valence-corrected chi connectivity index (χ1v) is 6.89. The molecule has 1 rings (SSSR count). The molecule has 1 aromatic heterocycles. The van der Waals surface area contributed by atoms with E-state index in [0.29, 0.717) is 6.61 Å². The lowest BCUT2D eigenvalue weighted by molar-refractivity contribution is 0.158. The summed E-state index contributed by atoms with van der Waals surface area (Å²) in [5, 5.41) is 6.64. The van der Waals surface area contributed by atoms with E-state index >= 15 is 0 Å². The fraction of sp³-hybridized carbons (Fsp3) is 0.714. The molecular weight excluding hydrogens is 240 g/mol. The van der Waals surface area contributed by atoms with Gasteiger partial charge in [0, 0.05) is 26.1 Å². The van der Waals surface area contributed by atoms with Gasteiger partial charge in [0.1, 0.15) is 17.5 Å². The molecule has 0 aliphatic rings. The molecule has 1 aromatic rings. The second-order valence-corrected chi connectivity index (χ2v) is 5.28. The van der Waals surface area contributed by atoms with Crippen molar-refractivity contribution in [2.75, 3.05) is 30.9 Å². The van der Waals surface area contributed by atoms with Crippen LogP contribution in [0.15, 0.2) is 6.07 Å². The molecule has 5 heteroatoms. The van der Waals surface area contributed by atoms with Crippen LogP contribution in [-0.2, 0) is 11.2 Å². The zero-order valence-corrected chi connectivity index (χ0v) is 12.7. The number of nitrogens with one attached hydrogen (secondary N) is 2. The second kappa shape index (κ2) is 7.28. The van der Waals surface area contributed by atoms with Crippen LogP contribution in [0.3, 0.4) is 0 Å². The Labute approximate surface area is 116 Å². The van der Waals surface area contributed by atoms with Crippen molar-refractivity contribution < 1.29 is 4.74 Å². The molecule has 0 bridgehead atoms. The van der Waals surface area contributed by atoms with Crippen molar-refractivity contribution in [1.29, 1.82) is 0 Å². The van der Waals surface area contributed by atoms with Gasteiger partial charge in [-0.05, 0) is 27.2 Å². The summed E-state index contributed by atoms with van der Waals surface area (Å²) in [6, 6.07) is 1.94. The van der Waals surface area contributed by atoms with Gasteiger partial charge < -0.3 is 15.4 Å². The zero-order valence-electron chi connectivity index (χ0n) is 12.7. The van der Waals surface area contributed by atoms with Crippen molar-refractivity contribution in [3.8, 4) is 0 Å². The maximum atomic E-state index is 5.21. The second-order valence-electron chi connectivity index (χ2n) is 5.28. The van der Waals surface area contributed by atoms with Crippen LogP contribution in [0.5, 0.6) is 0 Å². The lowest BCUT2D eigenvalue weighted by atomic mass is 10.1. The van der Waals surface area contributed by atoms with E-state index in [4.69, 9.17) is 4.74 Å². The molecule has 0 spiro atoms. The van der Waals surface area contributed by atoms with E-state index < -0.39 is 0 Å². The van der Waals surface area contributed by atoms with Gasteiger partial charge >= 0.3 is 0 Å². The number of anilines is 2.